The Morgan fingerprint density at radius 3 is 2.48 bits per heavy atom. The first-order valence-electron chi connectivity index (χ1n) is 8.42. The average molecular weight is 288 g/mol. The minimum absolute atomic E-state index is 0.383. The first kappa shape index (κ1) is 17.9. The number of carbonyl (C=O) groups is 1. The molecular weight excluding hydrogens is 256 g/mol. The second-order valence-electron chi connectivity index (χ2n) is 7.06. The van der Waals surface area contributed by atoms with Gasteiger partial charge < -0.3 is 0 Å². The highest BCUT2D eigenvalue weighted by molar-refractivity contribution is 5.80. The summed E-state index contributed by atoms with van der Waals surface area (Å²) in [5.41, 5.74) is 4.16. The Labute approximate surface area is 131 Å². The zero-order chi connectivity index (χ0) is 15.8. The van der Waals surface area contributed by atoms with Crippen LogP contribution in [0.4, 0.5) is 0 Å². The zero-order valence-electron chi connectivity index (χ0n) is 14.5. The summed E-state index contributed by atoms with van der Waals surface area (Å²) < 4.78 is 0. The van der Waals surface area contributed by atoms with Crippen LogP contribution in [-0.2, 0) is 4.79 Å². The van der Waals surface area contributed by atoms with Gasteiger partial charge in [0.2, 0.25) is 0 Å². The monoisotopic (exact) mass is 288 g/mol. The van der Waals surface area contributed by atoms with E-state index in [1.165, 1.54) is 16.7 Å². The van der Waals surface area contributed by atoms with Crippen molar-refractivity contribution in [1.29, 1.82) is 0 Å². The lowest BCUT2D eigenvalue weighted by atomic mass is 9.92. The van der Waals surface area contributed by atoms with E-state index in [0.717, 1.165) is 32.1 Å². The van der Waals surface area contributed by atoms with Gasteiger partial charge in [-0.15, -0.1) is 0 Å². The van der Waals surface area contributed by atoms with Crippen molar-refractivity contribution in [3.63, 3.8) is 0 Å². The van der Waals surface area contributed by atoms with Gasteiger partial charge >= 0.3 is 0 Å². The number of allylic oxidation sites excluding steroid dienone is 6. The van der Waals surface area contributed by atoms with Crippen molar-refractivity contribution < 1.29 is 4.79 Å². The van der Waals surface area contributed by atoms with E-state index in [1.54, 1.807) is 0 Å². The van der Waals surface area contributed by atoms with Crippen LogP contribution >= 0.6 is 0 Å². The Bertz CT molecular complexity index is 435. The quantitative estimate of drug-likeness (QED) is 0.539. The highest BCUT2D eigenvalue weighted by Crippen LogP contribution is 2.22. The predicted molar refractivity (Wildman–Crippen MR) is 92.3 cm³/mol. The van der Waals surface area contributed by atoms with Crippen molar-refractivity contribution >= 4 is 5.78 Å². The second-order valence-corrected chi connectivity index (χ2v) is 7.06. The summed E-state index contributed by atoms with van der Waals surface area (Å²) in [6, 6.07) is 0. The summed E-state index contributed by atoms with van der Waals surface area (Å²) in [6.07, 6.45) is 12.6. The summed E-state index contributed by atoms with van der Waals surface area (Å²) in [5, 5.41) is 0. The van der Waals surface area contributed by atoms with Gasteiger partial charge in [-0.25, -0.2) is 0 Å². The lowest BCUT2D eigenvalue weighted by Crippen LogP contribution is -2.06. The normalized spacial score (nSPS) is 30.7. The number of Topliss-reactive ketones (excluding diaryl/α,β-unsaturated/α-hetero) is 1. The topological polar surface area (TPSA) is 17.1 Å². The number of ketones is 1. The molecule has 0 bridgehead atoms. The molecule has 0 fully saturated rings. The van der Waals surface area contributed by atoms with Gasteiger partial charge in [-0.05, 0) is 51.4 Å². The molecule has 1 nitrogen and oxygen atoms in total. The Morgan fingerprint density at radius 2 is 1.81 bits per heavy atom. The zero-order valence-corrected chi connectivity index (χ0v) is 14.5. The van der Waals surface area contributed by atoms with Gasteiger partial charge in [-0.1, -0.05) is 55.7 Å². The molecule has 1 rings (SSSR count). The van der Waals surface area contributed by atoms with Crippen molar-refractivity contribution in [1.82, 2.24) is 0 Å². The largest absolute Gasteiger partial charge is 0.299 e. The van der Waals surface area contributed by atoms with Crippen molar-refractivity contribution in [2.45, 2.75) is 73.1 Å². The summed E-state index contributed by atoms with van der Waals surface area (Å²) in [5.74, 6) is 1.46. The van der Waals surface area contributed by atoms with Crippen LogP contribution < -0.4 is 0 Å². The van der Waals surface area contributed by atoms with Crippen LogP contribution in [0.25, 0.3) is 0 Å². The van der Waals surface area contributed by atoms with Crippen molar-refractivity contribution in [3.05, 3.63) is 34.9 Å². The first-order chi connectivity index (χ1) is 9.88. The van der Waals surface area contributed by atoms with Crippen LogP contribution in [0, 0.1) is 11.8 Å². The molecule has 0 saturated heterocycles. The van der Waals surface area contributed by atoms with E-state index >= 15 is 0 Å². The fourth-order valence-corrected chi connectivity index (χ4v) is 2.80. The Kier molecular flexibility index (Phi) is 7.71. The summed E-state index contributed by atoms with van der Waals surface area (Å²) in [4.78, 5) is 12.1. The molecule has 0 unspecified atom stereocenters. The van der Waals surface area contributed by atoms with Crippen molar-refractivity contribution in [2.24, 2.45) is 11.8 Å². The molecule has 0 amide bonds. The molecule has 118 valence electrons. The number of carbonyl (C=O) groups excluding carboxylic acids is 1. The SMILES string of the molecule is C/C1=C/C=C(\C(C)C)CC/C(C)=C/CC[C@@H](C)CC(=O)C1. The summed E-state index contributed by atoms with van der Waals surface area (Å²) >= 11 is 0. The van der Waals surface area contributed by atoms with Crippen LogP contribution in [0.5, 0.6) is 0 Å². The fraction of sp³-hybridized carbons (Fsp3) is 0.650. The molecule has 0 saturated carbocycles. The third kappa shape index (κ3) is 7.45. The van der Waals surface area contributed by atoms with Crippen molar-refractivity contribution in [2.75, 3.05) is 0 Å². The number of rotatable bonds is 1. The maximum atomic E-state index is 12.1. The molecule has 0 aliphatic heterocycles. The van der Waals surface area contributed by atoms with Gasteiger partial charge in [-0.3, -0.25) is 4.79 Å². The highest BCUT2D eigenvalue weighted by atomic mass is 16.1. The first-order valence-corrected chi connectivity index (χ1v) is 8.42. The maximum absolute atomic E-state index is 12.1. The standard InChI is InChI=1S/C20H32O/c1-15(2)19-11-9-16(3)7-6-8-17(4)13-20(21)14-18(5)10-12-19/h7,10,12,15,17H,6,8-9,11,13-14H2,1-5H3/b16-7+,18-10-,19-12-/t17-/m1/s1. The Morgan fingerprint density at radius 1 is 1.10 bits per heavy atom. The molecule has 1 heteroatoms. The minimum atomic E-state index is 0.383. The maximum Gasteiger partial charge on any atom is 0.137 e. The molecular formula is C20H32O. The fourth-order valence-electron chi connectivity index (χ4n) is 2.80. The van der Waals surface area contributed by atoms with Crippen LogP contribution in [0.2, 0.25) is 0 Å². The smallest absolute Gasteiger partial charge is 0.137 e. The Hall–Kier alpha value is -1.11. The van der Waals surface area contributed by atoms with Gasteiger partial charge in [0, 0.05) is 12.8 Å². The van der Waals surface area contributed by atoms with E-state index in [9.17, 15) is 4.79 Å². The molecule has 1 aliphatic rings. The van der Waals surface area contributed by atoms with E-state index < -0.39 is 0 Å². The third-order valence-electron chi connectivity index (χ3n) is 4.34. The number of hydrogen-bond donors (Lipinski definition) is 0. The third-order valence-corrected chi connectivity index (χ3v) is 4.34. The molecule has 0 radical (unpaired) electrons. The van der Waals surface area contributed by atoms with Gasteiger partial charge in [0.25, 0.3) is 0 Å². The minimum Gasteiger partial charge on any atom is -0.299 e. The lowest BCUT2D eigenvalue weighted by Gasteiger charge is -2.13. The molecule has 0 aromatic carbocycles. The van der Waals surface area contributed by atoms with E-state index in [1.807, 2.05) is 0 Å². The van der Waals surface area contributed by atoms with E-state index in [0.29, 0.717) is 24.0 Å². The van der Waals surface area contributed by atoms with E-state index in [-0.39, 0.29) is 0 Å². The Balaban J connectivity index is 2.91. The van der Waals surface area contributed by atoms with E-state index in [4.69, 9.17) is 0 Å². The van der Waals surface area contributed by atoms with E-state index in [2.05, 4.69) is 52.8 Å². The highest BCUT2D eigenvalue weighted by Gasteiger charge is 2.10. The predicted octanol–water partition coefficient (Wildman–Crippen LogP) is 6.02. The van der Waals surface area contributed by atoms with Crippen LogP contribution in [0.15, 0.2) is 34.9 Å². The van der Waals surface area contributed by atoms with Gasteiger partial charge in [0.05, 0.1) is 0 Å². The molecule has 0 spiro atoms. The van der Waals surface area contributed by atoms with Gasteiger partial charge in [-0.2, -0.15) is 0 Å². The van der Waals surface area contributed by atoms with Crippen LogP contribution in [-0.4, -0.2) is 5.78 Å². The number of hydrogen-bond acceptors (Lipinski definition) is 1. The van der Waals surface area contributed by atoms with Crippen LogP contribution in [0.1, 0.15) is 73.1 Å². The lowest BCUT2D eigenvalue weighted by molar-refractivity contribution is -0.119. The van der Waals surface area contributed by atoms with Gasteiger partial charge in [0.1, 0.15) is 5.78 Å². The van der Waals surface area contributed by atoms with Crippen LogP contribution in [0.3, 0.4) is 0 Å². The molecule has 1 atom stereocenters. The second kappa shape index (κ2) is 9.02. The molecule has 21 heavy (non-hydrogen) atoms. The molecule has 0 heterocycles. The molecule has 1 aliphatic carbocycles. The average Bonchev–Trinajstić information content (AvgIpc) is 2.36. The summed E-state index contributed by atoms with van der Waals surface area (Å²) in [6.45, 7) is 11.0. The van der Waals surface area contributed by atoms with Gasteiger partial charge in [0.15, 0.2) is 0 Å². The van der Waals surface area contributed by atoms with Crippen molar-refractivity contribution in [3.8, 4) is 0 Å². The molecule has 0 aromatic rings. The summed E-state index contributed by atoms with van der Waals surface area (Å²) in [7, 11) is 0. The molecule has 0 aromatic heterocycles. The molecule has 0 N–H and O–H groups in total.